The van der Waals surface area contributed by atoms with E-state index in [9.17, 15) is 8.78 Å². The monoisotopic (exact) mass is 330 g/mol. The van der Waals surface area contributed by atoms with E-state index in [1.165, 1.54) is 12.1 Å². The first-order valence-electron chi connectivity index (χ1n) is 5.74. The summed E-state index contributed by atoms with van der Waals surface area (Å²) in [5, 5.41) is 0.397. The molecule has 0 unspecified atom stereocenters. The van der Waals surface area contributed by atoms with Crippen molar-refractivity contribution in [3.63, 3.8) is 0 Å². The van der Waals surface area contributed by atoms with Gasteiger partial charge in [0.2, 0.25) is 0 Å². The summed E-state index contributed by atoms with van der Waals surface area (Å²) < 4.78 is 34.3. The molecular weight excluding hydrogens is 318 g/mol. The van der Waals surface area contributed by atoms with Crippen LogP contribution in [0, 0.1) is 11.6 Å². The average Bonchev–Trinajstić information content (AvgIpc) is 2.78. The maximum absolute atomic E-state index is 13.6. The SMILES string of the molecule is Cn1ccnc1CCOc1c(F)cc(CBr)cc1F. The van der Waals surface area contributed by atoms with Gasteiger partial charge < -0.3 is 9.30 Å². The van der Waals surface area contributed by atoms with Gasteiger partial charge in [0.1, 0.15) is 5.82 Å². The lowest BCUT2D eigenvalue weighted by molar-refractivity contribution is 0.285. The van der Waals surface area contributed by atoms with Gasteiger partial charge in [-0.1, -0.05) is 15.9 Å². The van der Waals surface area contributed by atoms with E-state index in [2.05, 4.69) is 20.9 Å². The highest BCUT2D eigenvalue weighted by atomic mass is 79.9. The van der Waals surface area contributed by atoms with E-state index in [1.807, 2.05) is 11.6 Å². The third kappa shape index (κ3) is 3.32. The van der Waals surface area contributed by atoms with Gasteiger partial charge in [-0.3, -0.25) is 0 Å². The molecule has 2 rings (SSSR count). The third-order valence-electron chi connectivity index (χ3n) is 2.71. The zero-order valence-electron chi connectivity index (χ0n) is 10.4. The Kier molecular flexibility index (Phi) is 4.52. The number of alkyl halides is 1. The molecular formula is C13H13BrF2N2O. The number of hydrogen-bond donors (Lipinski definition) is 0. The molecule has 6 heteroatoms. The Hall–Kier alpha value is -1.43. The Morgan fingerprint density at radius 3 is 2.53 bits per heavy atom. The Labute approximate surface area is 118 Å². The Balaban J connectivity index is 2.02. The quantitative estimate of drug-likeness (QED) is 0.787. The van der Waals surface area contributed by atoms with Crippen molar-refractivity contribution in [3.05, 3.63) is 47.5 Å². The number of aryl methyl sites for hydroxylation is 1. The van der Waals surface area contributed by atoms with Gasteiger partial charge >= 0.3 is 0 Å². The first-order valence-corrected chi connectivity index (χ1v) is 6.87. The van der Waals surface area contributed by atoms with Gasteiger partial charge in [-0.15, -0.1) is 0 Å². The van der Waals surface area contributed by atoms with E-state index in [-0.39, 0.29) is 12.4 Å². The predicted molar refractivity (Wildman–Crippen MR) is 71.4 cm³/mol. The van der Waals surface area contributed by atoms with Gasteiger partial charge in [0.25, 0.3) is 0 Å². The van der Waals surface area contributed by atoms with Gasteiger partial charge in [0.05, 0.1) is 6.61 Å². The molecule has 0 spiro atoms. The number of aromatic nitrogens is 2. The summed E-state index contributed by atoms with van der Waals surface area (Å²) in [6.45, 7) is 0.173. The number of rotatable bonds is 5. The number of hydrogen-bond acceptors (Lipinski definition) is 2. The molecule has 0 bridgehead atoms. The minimum atomic E-state index is -0.686. The second kappa shape index (κ2) is 6.14. The van der Waals surface area contributed by atoms with Crippen molar-refractivity contribution >= 4 is 15.9 Å². The predicted octanol–water partition coefficient (Wildman–Crippen LogP) is 3.21. The zero-order chi connectivity index (χ0) is 13.8. The Morgan fingerprint density at radius 1 is 1.32 bits per heavy atom. The summed E-state index contributed by atoms with van der Waals surface area (Å²) in [4.78, 5) is 4.11. The lowest BCUT2D eigenvalue weighted by atomic mass is 10.2. The van der Waals surface area contributed by atoms with Crippen molar-refractivity contribution in [1.29, 1.82) is 0 Å². The minimum absolute atomic E-state index is 0.173. The molecule has 0 saturated heterocycles. The van der Waals surface area contributed by atoms with E-state index in [0.717, 1.165) is 5.82 Å². The lowest BCUT2D eigenvalue weighted by Crippen LogP contribution is -2.08. The molecule has 0 aliphatic rings. The van der Waals surface area contributed by atoms with Crippen molar-refractivity contribution in [1.82, 2.24) is 9.55 Å². The van der Waals surface area contributed by atoms with Gasteiger partial charge in [-0.2, -0.15) is 0 Å². The molecule has 102 valence electrons. The fourth-order valence-corrected chi connectivity index (χ4v) is 2.03. The van der Waals surface area contributed by atoms with E-state index >= 15 is 0 Å². The number of imidazole rings is 1. The van der Waals surface area contributed by atoms with Crippen LogP contribution in [0.3, 0.4) is 0 Å². The topological polar surface area (TPSA) is 27.1 Å². The molecule has 0 amide bonds. The highest BCUT2D eigenvalue weighted by Gasteiger charge is 2.12. The number of nitrogens with zero attached hydrogens (tertiary/aromatic N) is 2. The van der Waals surface area contributed by atoms with Crippen LogP contribution in [-0.2, 0) is 18.8 Å². The van der Waals surface area contributed by atoms with Crippen LogP contribution in [0.2, 0.25) is 0 Å². The smallest absolute Gasteiger partial charge is 0.190 e. The van der Waals surface area contributed by atoms with Crippen LogP contribution in [0.15, 0.2) is 24.5 Å². The first-order chi connectivity index (χ1) is 9.11. The van der Waals surface area contributed by atoms with Crippen LogP contribution >= 0.6 is 15.9 Å². The third-order valence-corrected chi connectivity index (χ3v) is 3.35. The van der Waals surface area contributed by atoms with E-state index < -0.39 is 11.6 Å². The van der Waals surface area contributed by atoms with Crippen LogP contribution in [-0.4, -0.2) is 16.2 Å². The molecule has 1 aromatic heterocycles. The minimum Gasteiger partial charge on any atom is -0.487 e. The zero-order valence-corrected chi connectivity index (χ0v) is 12.0. The molecule has 2 aromatic rings. The van der Waals surface area contributed by atoms with Crippen LogP contribution in [0.5, 0.6) is 5.75 Å². The van der Waals surface area contributed by atoms with Gasteiger partial charge in [-0.05, 0) is 17.7 Å². The van der Waals surface area contributed by atoms with Gasteiger partial charge in [0.15, 0.2) is 17.4 Å². The van der Waals surface area contributed by atoms with Crippen LogP contribution in [0.1, 0.15) is 11.4 Å². The van der Waals surface area contributed by atoms with Crippen LogP contribution in [0.4, 0.5) is 8.78 Å². The highest BCUT2D eigenvalue weighted by molar-refractivity contribution is 9.08. The van der Waals surface area contributed by atoms with Crippen LogP contribution in [0.25, 0.3) is 0 Å². The second-order valence-corrected chi connectivity index (χ2v) is 4.64. The molecule has 19 heavy (non-hydrogen) atoms. The maximum Gasteiger partial charge on any atom is 0.190 e. The molecule has 0 atom stereocenters. The molecule has 3 nitrogen and oxygen atoms in total. The molecule has 0 aliphatic heterocycles. The van der Waals surface area contributed by atoms with Crippen molar-refractivity contribution in [2.45, 2.75) is 11.8 Å². The summed E-state index contributed by atoms with van der Waals surface area (Å²) in [6, 6.07) is 2.52. The fraction of sp³-hybridized carbons (Fsp3) is 0.308. The summed E-state index contributed by atoms with van der Waals surface area (Å²) in [7, 11) is 1.86. The van der Waals surface area contributed by atoms with Crippen molar-refractivity contribution in [2.75, 3.05) is 6.61 Å². The average molecular weight is 331 g/mol. The highest BCUT2D eigenvalue weighted by Crippen LogP contribution is 2.24. The summed E-state index contributed by atoms with van der Waals surface area (Å²) >= 11 is 3.15. The van der Waals surface area contributed by atoms with E-state index in [4.69, 9.17) is 4.74 Å². The molecule has 1 aromatic carbocycles. The summed E-state index contributed by atoms with van der Waals surface area (Å²) in [5.74, 6) is -0.902. The molecule has 0 saturated carbocycles. The van der Waals surface area contributed by atoms with Gasteiger partial charge in [0, 0.05) is 31.2 Å². The normalized spacial score (nSPS) is 10.7. The number of ether oxygens (including phenoxy) is 1. The molecule has 0 radical (unpaired) electrons. The standard InChI is InChI=1S/C13H13BrF2N2O/c1-18-4-3-17-12(18)2-5-19-13-10(15)6-9(8-14)7-11(13)16/h3-4,6-7H,2,5,8H2,1H3. The molecule has 1 heterocycles. The van der Waals surface area contributed by atoms with E-state index in [0.29, 0.717) is 17.3 Å². The summed E-state index contributed by atoms with van der Waals surface area (Å²) in [5.41, 5.74) is 0.534. The Morgan fingerprint density at radius 2 is 2.00 bits per heavy atom. The molecule has 0 fully saturated rings. The van der Waals surface area contributed by atoms with Crippen molar-refractivity contribution in [3.8, 4) is 5.75 Å². The Bertz CT molecular complexity index is 549. The van der Waals surface area contributed by atoms with Crippen LogP contribution < -0.4 is 4.74 Å². The first kappa shape index (κ1) is 14.0. The second-order valence-electron chi connectivity index (χ2n) is 4.08. The fourth-order valence-electron chi connectivity index (χ4n) is 1.71. The largest absolute Gasteiger partial charge is 0.487 e. The van der Waals surface area contributed by atoms with Gasteiger partial charge in [-0.25, -0.2) is 13.8 Å². The van der Waals surface area contributed by atoms with E-state index in [1.54, 1.807) is 12.4 Å². The maximum atomic E-state index is 13.6. The molecule has 0 aliphatic carbocycles. The number of halogens is 3. The summed E-state index contributed by atoms with van der Waals surface area (Å²) in [6.07, 6.45) is 3.96. The lowest BCUT2D eigenvalue weighted by Gasteiger charge is -2.09. The van der Waals surface area contributed by atoms with Crippen molar-refractivity contribution < 1.29 is 13.5 Å². The number of benzene rings is 1. The molecule has 0 N–H and O–H groups in total. The van der Waals surface area contributed by atoms with Crippen molar-refractivity contribution in [2.24, 2.45) is 7.05 Å².